The maximum Gasteiger partial charge on any atom is 0.338 e. The van der Waals surface area contributed by atoms with E-state index in [9.17, 15) is 9.59 Å². The third kappa shape index (κ3) is 6.49. The summed E-state index contributed by atoms with van der Waals surface area (Å²) in [5.41, 5.74) is 3.82. The fraction of sp³-hybridized carbons (Fsp3) is 0.214. The highest BCUT2D eigenvalue weighted by molar-refractivity contribution is 6.36. The lowest BCUT2D eigenvalue weighted by Gasteiger charge is -2.23. The molecule has 0 unspecified atom stereocenters. The van der Waals surface area contributed by atoms with Gasteiger partial charge in [0.05, 0.1) is 18.7 Å². The molecule has 0 fully saturated rings. The van der Waals surface area contributed by atoms with Crippen LogP contribution in [0, 0.1) is 0 Å². The number of carbonyl (C=O) groups is 2. The van der Waals surface area contributed by atoms with Gasteiger partial charge < -0.3 is 9.64 Å². The maximum atomic E-state index is 13.3. The second-order valence-corrected chi connectivity index (χ2v) is 8.86. The van der Waals surface area contributed by atoms with Gasteiger partial charge in [-0.15, -0.1) is 0 Å². The summed E-state index contributed by atoms with van der Waals surface area (Å²) in [6.45, 7) is 6.49. The van der Waals surface area contributed by atoms with Crippen molar-refractivity contribution in [3.63, 3.8) is 0 Å². The summed E-state index contributed by atoms with van der Waals surface area (Å²) in [5.74, 6) is -0.216. The number of hydrogen-bond donors (Lipinski definition) is 0. The van der Waals surface area contributed by atoms with E-state index < -0.39 is 5.97 Å². The molecule has 0 spiro atoms. The first-order valence-corrected chi connectivity index (χ1v) is 11.8. The highest BCUT2D eigenvalue weighted by Gasteiger charge is 2.18. The molecule has 6 heteroatoms. The first kappa shape index (κ1) is 25.5. The molecule has 0 aliphatic heterocycles. The topological polar surface area (TPSA) is 46.6 Å². The minimum atomic E-state index is -0.411. The van der Waals surface area contributed by atoms with Crippen molar-refractivity contribution >= 4 is 46.8 Å². The number of amides is 1. The molecule has 0 atom stereocenters. The minimum Gasteiger partial charge on any atom is -0.462 e. The maximum absolute atomic E-state index is 13.3. The van der Waals surface area contributed by atoms with E-state index in [0.29, 0.717) is 39.4 Å². The Kier molecular flexibility index (Phi) is 8.91. The van der Waals surface area contributed by atoms with Gasteiger partial charge in [-0.05, 0) is 66.4 Å². The molecule has 3 aromatic carbocycles. The molecule has 176 valence electrons. The average Bonchev–Trinajstić information content (AvgIpc) is 2.83. The second-order valence-electron chi connectivity index (χ2n) is 8.05. The van der Waals surface area contributed by atoms with E-state index in [-0.39, 0.29) is 12.5 Å². The van der Waals surface area contributed by atoms with Crippen molar-refractivity contribution in [1.29, 1.82) is 0 Å². The zero-order chi connectivity index (χ0) is 24.7. The van der Waals surface area contributed by atoms with E-state index in [1.54, 1.807) is 60.4 Å². The molecular weight excluding hydrogens is 469 g/mol. The molecule has 0 aliphatic rings. The van der Waals surface area contributed by atoms with Gasteiger partial charge in [-0.2, -0.15) is 0 Å². The number of nitrogens with zero attached hydrogens (tertiary/aromatic N) is 1. The van der Waals surface area contributed by atoms with Gasteiger partial charge in [0.1, 0.15) is 0 Å². The van der Waals surface area contributed by atoms with Gasteiger partial charge in [-0.1, -0.05) is 67.4 Å². The quantitative estimate of drug-likeness (QED) is 0.239. The Hall–Kier alpha value is -3.08. The van der Waals surface area contributed by atoms with Crippen LogP contribution in [0.15, 0.2) is 72.8 Å². The molecule has 0 aromatic heterocycles. The number of ether oxygens (including phenoxy) is 1. The summed E-state index contributed by atoms with van der Waals surface area (Å²) in [5, 5.41) is 0.948. The Labute approximate surface area is 210 Å². The van der Waals surface area contributed by atoms with Crippen LogP contribution in [0.5, 0.6) is 0 Å². The number of rotatable bonds is 8. The molecule has 4 nitrogen and oxygen atoms in total. The zero-order valence-corrected chi connectivity index (χ0v) is 20.9. The van der Waals surface area contributed by atoms with Crippen LogP contribution in [0.1, 0.15) is 53.7 Å². The van der Waals surface area contributed by atoms with Gasteiger partial charge in [0.15, 0.2) is 0 Å². The Balaban J connectivity index is 1.90. The lowest BCUT2D eigenvalue weighted by molar-refractivity contribution is -0.114. The van der Waals surface area contributed by atoms with Crippen molar-refractivity contribution in [2.45, 2.75) is 33.2 Å². The first-order valence-electron chi connectivity index (χ1n) is 11.1. The number of hydrogen-bond acceptors (Lipinski definition) is 3. The predicted molar refractivity (Wildman–Crippen MR) is 140 cm³/mol. The second kappa shape index (κ2) is 11.9. The number of esters is 1. The summed E-state index contributed by atoms with van der Waals surface area (Å²) in [7, 11) is 0. The number of benzene rings is 3. The molecule has 0 N–H and O–H groups in total. The SMILES string of the molecule is CCOC(=O)c1ccc(N(Cc2c(Cl)cccc2Cl)C(=O)/C=C/c2ccc(C(C)C)cc2)cc1. The fourth-order valence-electron chi connectivity index (χ4n) is 3.38. The molecule has 3 rings (SSSR count). The molecule has 3 aromatic rings. The summed E-state index contributed by atoms with van der Waals surface area (Å²) >= 11 is 12.8. The van der Waals surface area contributed by atoms with Crippen LogP contribution in [-0.2, 0) is 16.1 Å². The van der Waals surface area contributed by atoms with Gasteiger partial charge in [0, 0.05) is 27.4 Å². The van der Waals surface area contributed by atoms with Crippen molar-refractivity contribution < 1.29 is 14.3 Å². The molecule has 0 saturated heterocycles. The van der Waals surface area contributed by atoms with Crippen LogP contribution in [0.4, 0.5) is 5.69 Å². The molecule has 0 saturated carbocycles. The van der Waals surface area contributed by atoms with E-state index in [2.05, 4.69) is 26.0 Å². The summed E-state index contributed by atoms with van der Waals surface area (Å²) in [6, 6.07) is 20.0. The smallest absolute Gasteiger partial charge is 0.338 e. The van der Waals surface area contributed by atoms with Crippen LogP contribution < -0.4 is 4.90 Å². The molecule has 34 heavy (non-hydrogen) atoms. The van der Waals surface area contributed by atoms with Crippen molar-refractivity contribution in [3.8, 4) is 0 Å². The van der Waals surface area contributed by atoms with Crippen LogP contribution in [0.3, 0.4) is 0 Å². The molecule has 0 bridgehead atoms. The van der Waals surface area contributed by atoms with Crippen LogP contribution in [0.2, 0.25) is 10.0 Å². The first-order chi connectivity index (χ1) is 16.3. The van der Waals surface area contributed by atoms with Crippen molar-refractivity contribution in [1.82, 2.24) is 0 Å². The van der Waals surface area contributed by atoms with Crippen molar-refractivity contribution in [2.24, 2.45) is 0 Å². The zero-order valence-electron chi connectivity index (χ0n) is 19.4. The Morgan fingerprint density at radius 3 is 2.12 bits per heavy atom. The van der Waals surface area contributed by atoms with E-state index in [4.69, 9.17) is 27.9 Å². The largest absolute Gasteiger partial charge is 0.462 e. The Bertz CT molecular complexity index is 1150. The number of carbonyl (C=O) groups excluding carboxylic acids is 2. The monoisotopic (exact) mass is 495 g/mol. The lowest BCUT2D eigenvalue weighted by Crippen LogP contribution is -2.29. The van der Waals surface area contributed by atoms with E-state index >= 15 is 0 Å². The average molecular weight is 496 g/mol. The Morgan fingerprint density at radius 2 is 1.56 bits per heavy atom. The van der Waals surface area contributed by atoms with Gasteiger partial charge in [-0.3, -0.25) is 4.79 Å². The summed E-state index contributed by atoms with van der Waals surface area (Å²) in [6.07, 6.45) is 3.30. The van der Waals surface area contributed by atoms with Crippen molar-refractivity contribution in [3.05, 3.63) is 105 Å². The third-order valence-electron chi connectivity index (χ3n) is 5.36. The molecule has 1 amide bonds. The normalized spacial score (nSPS) is 11.1. The fourth-order valence-corrected chi connectivity index (χ4v) is 3.90. The Morgan fingerprint density at radius 1 is 0.941 bits per heavy atom. The van der Waals surface area contributed by atoms with Gasteiger partial charge in [0.2, 0.25) is 0 Å². The van der Waals surface area contributed by atoms with E-state index in [1.165, 1.54) is 11.6 Å². The van der Waals surface area contributed by atoms with Gasteiger partial charge in [0.25, 0.3) is 5.91 Å². The standard InChI is InChI=1S/C28H27Cl2NO3/c1-4-34-28(33)22-13-15-23(16-14-22)31(18-24-25(29)6-5-7-26(24)30)27(32)17-10-20-8-11-21(12-9-20)19(2)3/h5-17,19H,4,18H2,1-3H3/b17-10+. The molecular formula is C28H27Cl2NO3. The number of halogens is 2. The van der Waals surface area contributed by atoms with Gasteiger partial charge in [-0.25, -0.2) is 4.79 Å². The van der Waals surface area contributed by atoms with Crippen LogP contribution in [0.25, 0.3) is 6.08 Å². The molecule has 0 radical (unpaired) electrons. The van der Waals surface area contributed by atoms with E-state index in [0.717, 1.165) is 5.56 Å². The molecule has 0 aliphatic carbocycles. The van der Waals surface area contributed by atoms with Crippen LogP contribution >= 0.6 is 23.2 Å². The van der Waals surface area contributed by atoms with Crippen LogP contribution in [-0.4, -0.2) is 18.5 Å². The highest BCUT2D eigenvalue weighted by atomic mass is 35.5. The lowest BCUT2D eigenvalue weighted by atomic mass is 10.0. The summed E-state index contributed by atoms with van der Waals surface area (Å²) < 4.78 is 5.05. The van der Waals surface area contributed by atoms with E-state index in [1.807, 2.05) is 12.1 Å². The highest BCUT2D eigenvalue weighted by Crippen LogP contribution is 2.28. The third-order valence-corrected chi connectivity index (χ3v) is 6.06. The van der Waals surface area contributed by atoms with Gasteiger partial charge >= 0.3 is 5.97 Å². The van der Waals surface area contributed by atoms with Crippen molar-refractivity contribution in [2.75, 3.05) is 11.5 Å². The molecule has 0 heterocycles. The minimum absolute atomic E-state index is 0.173. The summed E-state index contributed by atoms with van der Waals surface area (Å²) in [4.78, 5) is 26.9. The number of anilines is 1. The predicted octanol–water partition coefficient (Wildman–Crippen LogP) is 7.54.